The van der Waals surface area contributed by atoms with Crippen LogP contribution in [0.2, 0.25) is 0 Å². The van der Waals surface area contributed by atoms with Gasteiger partial charge in [-0.3, -0.25) is 14.4 Å². The van der Waals surface area contributed by atoms with E-state index in [4.69, 9.17) is 0 Å². The van der Waals surface area contributed by atoms with Gasteiger partial charge in [0.25, 0.3) is 11.5 Å². The Bertz CT molecular complexity index is 830. The van der Waals surface area contributed by atoms with Gasteiger partial charge in [0.1, 0.15) is 11.6 Å². The number of amides is 1. The third-order valence-corrected chi connectivity index (χ3v) is 4.75. The molecule has 1 aliphatic rings. The maximum Gasteiger partial charge on any atom is 0.326 e. The Hall–Kier alpha value is -2.44. The van der Waals surface area contributed by atoms with Crippen LogP contribution in [-0.4, -0.2) is 33.8 Å². The van der Waals surface area contributed by atoms with E-state index in [0.29, 0.717) is 30.5 Å². The second kappa shape index (κ2) is 7.29. The number of nitrogens with one attached hydrogen (secondary N) is 2. The predicted octanol–water partition coefficient (Wildman–Crippen LogP) is 2.54. The normalized spacial score (nSPS) is 17.1. The Balaban J connectivity index is 2.26. The fraction of sp³-hybridized carbons (Fsp3) is 0.600. The highest BCUT2D eigenvalue weighted by Gasteiger charge is 2.33. The van der Waals surface area contributed by atoms with Gasteiger partial charge in [0.2, 0.25) is 0 Å². The van der Waals surface area contributed by atoms with Gasteiger partial charge >= 0.3 is 5.97 Å². The van der Waals surface area contributed by atoms with Crippen LogP contribution in [-0.2, 0) is 11.2 Å². The summed E-state index contributed by atoms with van der Waals surface area (Å²) >= 11 is 0. The van der Waals surface area contributed by atoms with E-state index in [-0.39, 0.29) is 28.6 Å². The van der Waals surface area contributed by atoms with Gasteiger partial charge in [0.05, 0.1) is 0 Å². The third kappa shape index (κ3) is 5.28. The molecule has 0 aliphatic heterocycles. The molecule has 0 aromatic carbocycles. The minimum atomic E-state index is -1.15. The Morgan fingerprint density at radius 3 is 2.44 bits per heavy atom. The number of ketones is 1. The fourth-order valence-electron chi connectivity index (χ4n) is 3.27. The maximum absolute atomic E-state index is 12.5. The molecule has 7 nitrogen and oxygen atoms in total. The van der Waals surface area contributed by atoms with Crippen molar-refractivity contribution in [2.24, 2.45) is 10.8 Å². The maximum atomic E-state index is 12.5. The number of fused-ring (bicyclic) bond motifs is 1. The lowest BCUT2D eigenvalue weighted by Gasteiger charge is -2.29. The fourth-order valence-corrected chi connectivity index (χ4v) is 3.27. The number of hydrogen-bond donors (Lipinski definition) is 3. The number of Topliss-reactive ketones (excluding diaryl/α,β-unsaturated/α-hetero) is 1. The average molecular weight is 376 g/mol. The zero-order chi connectivity index (χ0) is 20.6. The number of carboxylic acids is 1. The molecule has 0 bridgehead atoms. The predicted molar refractivity (Wildman–Crippen MR) is 101 cm³/mol. The number of carboxylic acid groups (broad SMARTS) is 1. The summed E-state index contributed by atoms with van der Waals surface area (Å²) < 4.78 is 0. The van der Waals surface area contributed by atoms with E-state index in [1.807, 2.05) is 34.6 Å². The molecule has 0 saturated carbocycles. The number of H-pyrrole nitrogens is 1. The van der Waals surface area contributed by atoms with Crippen molar-refractivity contribution in [1.29, 1.82) is 0 Å². The Morgan fingerprint density at radius 1 is 1.26 bits per heavy atom. The van der Waals surface area contributed by atoms with Gasteiger partial charge in [-0.25, -0.2) is 4.79 Å². The molecule has 3 N–H and O–H groups in total. The summed E-state index contributed by atoms with van der Waals surface area (Å²) in [7, 11) is 0. The van der Waals surface area contributed by atoms with Crippen molar-refractivity contribution in [3.63, 3.8) is 0 Å². The van der Waals surface area contributed by atoms with Crippen LogP contribution < -0.4 is 10.9 Å². The van der Waals surface area contributed by atoms with E-state index in [0.717, 1.165) is 0 Å². The van der Waals surface area contributed by atoms with Crippen LogP contribution in [0.15, 0.2) is 10.9 Å². The minimum Gasteiger partial charge on any atom is -0.480 e. The second-order valence-electron chi connectivity index (χ2n) is 9.31. The van der Waals surface area contributed by atoms with E-state index in [9.17, 15) is 24.3 Å². The van der Waals surface area contributed by atoms with Gasteiger partial charge in [-0.1, -0.05) is 34.6 Å². The SMILES string of the molecule is CC(C)(C)CCC(NC(=O)c1cc2c([nH]c1=O)CC(C)(C)CC2=O)C(=O)O. The van der Waals surface area contributed by atoms with E-state index in [1.165, 1.54) is 6.07 Å². The summed E-state index contributed by atoms with van der Waals surface area (Å²) in [4.78, 5) is 51.4. The lowest BCUT2D eigenvalue weighted by atomic mass is 9.75. The highest BCUT2D eigenvalue weighted by atomic mass is 16.4. The highest BCUT2D eigenvalue weighted by Crippen LogP contribution is 2.33. The molecular formula is C20H28N2O5. The van der Waals surface area contributed by atoms with E-state index >= 15 is 0 Å². The first-order valence-electron chi connectivity index (χ1n) is 9.12. The molecule has 0 spiro atoms. The number of pyridine rings is 1. The van der Waals surface area contributed by atoms with Crippen molar-refractivity contribution in [3.05, 3.63) is 33.2 Å². The van der Waals surface area contributed by atoms with Crippen LogP contribution >= 0.6 is 0 Å². The van der Waals surface area contributed by atoms with Crippen LogP contribution in [0.3, 0.4) is 0 Å². The Labute approximate surface area is 158 Å². The summed E-state index contributed by atoms with van der Waals surface area (Å²) in [5.41, 5.74) is -0.319. The molecule has 1 aromatic rings. The summed E-state index contributed by atoms with van der Waals surface area (Å²) in [6, 6.07) is 0.200. The highest BCUT2D eigenvalue weighted by molar-refractivity contribution is 6.02. The molecule has 1 unspecified atom stereocenters. The van der Waals surface area contributed by atoms with Gasteiger partial charge in [0, 0.05) is 17.7 Å². The average Bonchev–Trinajstić information content (AvgIpc) is 2.48. The van der Waals surface area contributed by atoms with E-state index in [1.54, 1.807) is 0 Å². The molecule has 1 amide bonds. The molecule has 148 valence electrons. The summed E-state index contributed by atoms with van der Waals surface area (Å²) in [6.07, 6.45) is 1.71. The first-order valence-corrected chi connectivity index (χ1v) is 9.12. The Kier molecular flexibility index (Phi) is 5.63. The van der Waals surface area contributed by atoms with Crippen molar-refractivity contribution >= 4 is 17.7 Å². The van der Waals surface area contributed by atoms with Gasteiger partial charge in [-0.15, -0.1) is 0 Å². The first-order chi connectivity index (χ1) is 12.3. The number of aliphatic carboxylic acids is 1. The largest absolute Gasteiger partial charge is 0.480 e. The zero-order valence-corrected chi connectivity index (χ0v) is 16.6. The molecular weight excluding hydrogens is 348 g/mol. The molecule has 7 heteroatoms. The molecule has 1 aromatic heterocycles. The molecule has 0 radical (unpaired) electrons. The molecule has 1 heterocycles. The van der Waals surface area contributed by atoms with Crippen LogP contribution in [0.5, 0.6) is 0 Å². The van der Waals surface area contributed by atoms with Crippen molar-refractivity contribution in [1.82, 2.24) is 10.3 Å². The molecule has 0 saturated heterocycles. The minimum absolute atomic E-state index is 0.0824. The standard InChI is InChI=1S/C20H28N2O5/c1-19(2,3)7-6-13(18(26)27)21-16(24)12-8-11-14(22-17(12)25)9-20(4,5)10-15(11)23/h8,13H,6-7,9-10H2,1-5H3,(H,21,24)(H,22,25)(H,26,27). The summed E-state index contributed by atoms with van der Waals surface area (Å²) in [5.74, 6) is -2.06. The van der Waals surface area contributed by atoms with Crippen molar-refractivity contribution in [2.45, 2.75) is 66.3 Å². The number of aromatic amines is 1. The van der Waals surface area contributed by atoms with Crippen LogP contribution in [0, 0.1) is 10.8 Å². The van der Waals surface area contributed by atoms with Gasteiger partial charge in [-0.2, -0.15) is 0 Å². The lowest BCUT2D eigenvalue weighted by Crippen LogP contribution is -2.43. The first kappa shape index (κ1) is 20.9. The molecule has 2 rings (SSSR count). The Morgan fingerprint density at radius 2 is 1.89 bits per heavy atom. The summed E-state index contributed by atoms with van der Waals surface area (Å²) in [6.45, 7) is 9.83. The topological polar surface area (TPSA) is 116 Å². The van der Waals surface area contributed by atoms with Crippen LogP contribution in [0.1, 0.15) is 80.3 Å². The van der Waals surface area contributed by atoms with Gasteiger partial charge < -0.3 is 15.4 Å². The molecule has 1 atom stereocenters. The third-order valence-electron chi connectivity index (χ3n) is 4.75. The van der Waals surface area contributed by atoms with E-state index in [2.05, 4.69) is 10.3 Å². The second-order valence-corrected chi connectivity index (χ2v) is 9.31. The van der Waals surface area contributed by atoms with E-state index < -0.39 is 23.5 Å². The molecule has 0 fully saturated rings. The smallest absolute Gasteiger partial charge is 0.326 e. The van der Waals surface area contributed by atoms with Gasteiger partial charge in [0.15, 0.2) is 5.78 Å². The number of aromatic nitrogens is 1. The van der Waals surface area contributed by atoms with Crippen molar-refractivity contribution in [3.8, 4) is 0 Å². The number of rotatable bonds is 5. The molecule has 27 heavy (non-hydrogen) atoms. The van der Waals surface area contributed by atoms with Crippen molar-refractivity contribution < 1.29 is 19.5 Å². The van der Waals surface area contributed by atoms with Gasteiger partial charge in [-0.05, 0) is 36.2 Å². The van der Waals surface area contributed by atoms with Crippen molar-refractivity contribution in [2.75, 3.05) is 0 Å². The summed E-state index contributed by atoms with van der Waals surface area (Å²) in [5, 5.41) is 11.8. The lowest BCUT2D eigenvalue weighted by molar-refractivity contribution is -0.139. The number of carbonyl (C=O) groups is 3. The number of carbonyl (C=O) groups excluding carboxylic acids is 2. The van der Waals surface area contributed by atoms with Crippen LogP contribution in [0.4, 0.5) is 0 Å². The monoisotopic (exact) mass is 376 g/mol. The zero-order valence-electron chi connectivity index (χ0n) is 16.6. The number of hydrogen-bond acceptors (Lipinski definition) is 4. The quantitative estimate of drug-likeness (QED) is 0.730. The van der Waals surface area contributed by atoms with Crippen LogP contribution in [0.25, 0.3) is 0 Å². The molecule has 1 aliphatic carbocycles.